The van der Waals surface area contributed by atoms with E-state index in [9.17, 15) is 9.59 Å². The predicted molar refractivity (Wildman–Crippen MR) is 79.8 cm³/mol. The number of nitrogens with two attached hydrogens (primary N) is 1. The molecule has 1 amide bonds. The van der Waals surface area contributed by atoms with Gasteiger partial charge in [0.15, 0.2) is 5.78 Å². The van der Waals surface area contributed by atoms with Gasteiger partial charge in [-0.1, -0.05) is 0 Å². The molecule has 0 spiro atoms. The van der Waals surface area contributed by atoms with Crippen molar-refractivity contribution in [2.24, 2.45) is 0 Å². The summed E-state index contributed by atoms with van der Waals surface area (Å²) in [7, 11) is 0. The first-order chi connectivity index (χ1) is 9.58. The molecular formula is C15H21N3O2. The molecule has 108 valence electrons. The third kappa shape index (κ3) is 3.50. The summed E-state index contributed by atoms with van der Waals surface area (Å²) in [5.74, 6) is 0.154. The second-order valence-corrected chi connectivity index (χ2v) is 5.12. The molecule has 1 fully saturated rings. The van der Waals surface area contributed by atoms with Gasteiger partial charge in [0, 0.05) is 43.0 Å². The van der Waals surface area contributed by atoms with E-state index in [0.717, 1.165) is 31.6 Å². The van der Waals surface area contributed by atoms with Gasteiger partial charge in [-0.15, -0.1) is 0 Å². The Bertz CT molecular complexity index is 508. The molecule has 0 aliphatic carbocycles. The minimum atomic E-state index is -0.0433. The molecule has 1 aliphatic heterocycles. The van der Waals surface area contributed by atoms with Crippen LogP contribution in [0.2, 0.25) is 0 Å². The number of nitrogens with one attached hydrogen (secondary N) is 1. The molecule has 1 aromatic carbocycles. The molecule has 5 nitrogen and oxygen atoms in total. The number of hydrogen-bond donors (Lipinski definition) is 2. The molecule has 3 N–H and O–H groups in total. The summed E-state index contributed by atoms with van der Waals surface area (Å²) in [6, 6.07) is 5.26. The van der Waals surface area contributed by atoms with Crippen LogP contribution in [-0.4, -0.2) is 36.2 Å². The molecule has 1 heterocycles. The van der Waals surface area contributed by atoms with Gasteiger partial charge >= 0.3 is 0 Å². The third-order valence-corrected chi connectivity index (χ3v) is 3.56. The van der Waals surface area contributed by atoms with Crippen LogP contribution in [-0.2, 0) is 4.79 Å². The predicted octanol–water partition coefficient (Wildman–Crippen LogP) is 1.90. The normalized spacial score (nSPS) is 14.3. The van der Waals surface area contributed by atoms with Crippen molar-refractivity contribution in [1.29, 1.82) is 0 Å². The summed E-state index contributed by atoms with van der Waals surface area (Å²) in [6.07, 6.45) is 2.71. The van der Waals surface area contributed by atoms with Crippen LogP contribution in [0, 0.1) is 0 Å². The fraction of sp³-hybridized carbons (Fsp3) is 0.467. The maximum absolute atomic E-state index is 11.9. The van der Waals surface area contributed by atoms with Gasteiger partial charge in [-0.25, -0.2) is 0 Å². The van der Waals surface area contributed by atoms with Crippen molar-refractivity contribution in [2.45, 2.75) is 26.2 Å². The number of hydrogen-bond acceptors (Lipinski definition) is 4. The maximum atomic E-state index is 11.9. The van der Waals surface area contributed by atoms with Crippen molar-refractivity contribution in [3.05, 3.63) is 23.8 Å². The van der Waals surface area contributed by atoms with Crippen molar-refractivity contribution in [3.63, 3.8) is 0 Å². The van der Waals surface area contributed by atoms with Gasteiger partial charge in [0.2, 0.25) is 5.91 Å². The molecule has 0 aromatic heterocycles. The lowest BCUT2D eigenvalue weighted by molar-refractivity contribution is -0.129. The van der Waals surface area contributed by atoms with E-state index in [1.165, 1.54) is 6.92 Å². The second-order valence-electron chi connectivity index (χ2n) is 5.12. The van der Waals surface area contributed by atoms with Gasteiger partial charge in [-0.05, 0) is 38.0 Å². The zero-order valence-corrected chi connectivity index (χ0v) is 11.8. The average molecular weight is 275 g/mol. The first-order valence-electron chi connectivity index (χ1n) is 7.00. The Morgan fingerprint density at radius 2 is 2.00 bits per heavy atom. The number of ketones is 1. The molecular weight excluding hydrogens is 254 g/mol. The van der Waals surface area contributed by atoms with Crippen LogP contribution in [0.1, 0.15) is 36.5 Å². The number of carbonyl (C=O) groups is 2. The van der Waals surface area contributed by atoms with Crippen molar-refractivity contribution in [3.8, 4) is 0 Å². The molecule has 1 saturated heterocycles. The molecule has 0 atom stereocenters. The van der Waals surface area contributed by atoms with Crippen molar-refractivity contribution in [2.75, 3.05) is 30.7 Å². The van der Waals surface area contributed by atoms with Crippen LogP contribution >= 0.6 is 0 Å². The quantitative estimate of drug-likeness (QED) is 0.635. The largest absolute Gasteiger partial charge is 0.398 e. The number of nitrogen functional groups attached to an aromatic ring is 1. The SMILES string of the molecule is CC(=O)c1ccc(NCCC(=O)N2CCCC2)cc1N. The van der Waals surface area contributed by atoms with Gasteiger partial charge in [-0.3, -0.25) is 9.59 Å². The van der Waals surface area contributed by atoms with Crippen LogP contribution in [0.4, 0.5) is 11.4 Å². The van der Waals surface area contributed by atoms with Gasteiger partial charge in [0.05, 0.1) is 0 Å². The number of benzene rings is 1. The Labute approximate surface area is 119 Å². The highest BCUT2D eigenvalue weighted by Gasteiger charge is 2.17. The molecule has 1 aliphatic rings. The van der Waals surface area contributed by atoms with E-state index >= 15 is 0 Å². The molecule has 5 heteroatoms. The fourth-order valence-electron chi connectivity index (χ4n) is 2.43. The standard InChI is InChI=1S/C15H21N3O2/c1-11(19)13-5-4-12(10-14(13)16)17-7-6-15(20)18-8-2-3-9-18/h4-5,10,17H,2-3,6-9,16H2,1H3. The highest BCUT2D eigenvalue weighted by molar-refractivity contribution is 5.99. The van der Waals surface area contributed by atoms with E-state index in [1.54, 1.807) is 12.1 Å². The number of rotatable bonds is 5. The molecule has 0 bridgehead atoms. The minimum absolute atomic E-state index is 0.0433. The van der Waals surface area contributed by atoms with E-state index in [4.69, 9.17) is 5.73 Å². The van der Waals surface area contributed by atoms with Gasteiger partial charge < -0.3 is 16.0 Å². The van der Waals surface area contributed by atoms with Crippen molar-refractivity contribution < 1.29 is 9.59 Å². The molecule has 0 unspecified atom stereocenters. The maximum Gasteiger partial charge on any atom is 0.224 e. The van der Waals surface area contributed by atoms with Crippen molar-refractivity contribution >= 4 is 23.1 Å². The Morgan fingerprint density at radius 3 is 2.60 bits per heavy atom. The summed E-state index contributed by atoms with van der Waals surface area (Å²) in [5, 5.41) is 3.17. The van der Waals surface area contributed by atoms with Crippen LogP contribution in [0.3, 0.4) is 0 Å². The van der Waals surface area contributed by atoms with Gasteiger partial charge in [0.1, 0.15) is 0 Å². The summed E-state index contributed by atoms with van der Waals surface area (Å²) < 4.78 is 0. The topological polar surface area (TPSA) is 75.4 Å². The lowest BCUT2D eigenvalue weighted by Crippen LogP contribution is -2.29. The summed E-state index contributed by atoms with van der Waals surface area (Å²) >= 11 is 0. The molecule has 2 rings (SSSR count). The summed E-state index contributed by atoms with van der Waals surface area (Å²) in [5.41, 5.74) is 7.65. The van der Waals surface area contributed by atoms with E-state index in [0.29, 0.717) is 24.2 Å². The van der Waals surface area contributed by atoms with Gasteiger partial charge in [0.25, 0.3) is 0 Å². The summed E-state index contributed by atoms with van der Waals surface area (Å²) in [6.45, 7) is 3.85. The lowest BCUT2D eigenvalue weighted by atomic mass is 10.1. The monoisotopic (exact) mass is 275 g/mol. The number of anilines is 2. The Balaban J connectivity index is 1.83. The number of carbonyl (C=O) groups excluding carboxylic acids is 2. The second kappa shape index (κ2) is 6.41. The minimum Gasteiger partial charge on any atom is -0.398 e. The first kappa shape index (κ1) is 14.4. The third-order valence-electron chi connectivity index (χ3n) is 3.56. The highest BCUT2D eigenvalue weighted by Crippen LogP contribution is 2.18. The number of nitrogens with zero attached hydrogens (tertiary/aromatic N) is 1. The average Bonchev–Trinajstić information content (AvgIpc) is 2.92. The highest BCUT2D eigenvalue weighted by atomic mass is 16.2. The van der Waals surface area contributed by atoms with Crippen molar-refractivity contribution in [1.82, 2.24) is 4.90 Å². The van der Waals surface area contributed by atoms with E-state index in [1.807, 2.05) is 11.0 Å². The zero-order valence-electron chi connectivity index (χ0n) is 11.8. The Kier molecular flexibility index (Phi) is 4.61. The molecule has 1 aromatic rings. The first-order valence-corrected chi connectivity index (χ1v) is 7.00. The van der Waals surface area contributed by atoms with Crippen LogP contribution in [0.25, 0.3) is 0 Å². The van der Waals surface area contributed by atoms with E-state index < -0.39 is 0 Å². The molecule has 0 radical (unpaired) electrons. The van der Waals surface area contributed by atoms with Gasteiger partial charge in [-0.2, -0.15) is 0 Å². The lowest BCUT2D eigenvalue weighted by Gasteiger charge is -2.15. The summed E-state index contributed by atoms with van der Waals surface area (Å²) in [4.78, 5) is 25.1. The molecule has 0 saturated carbocycles. The number of Topliss-reactive ketones (excluding diaryl/α,β-unsaturated/α-hetero) is 1. The fourth-order valence-corrected chi connectivity index (χ4v) is 2.43. The van der Waals surface area contributed by atoms with Crippen LogP contribution < -0.4 is 11.1 Å². The Hall–Kier alpha value is -2.04. The van der Waals surface area contributed by atoms with Crippen LogP contribution in [0.15, 0.2) is 18.2 Å². The van der Waals surface area contributed by atoms with E-state index in [-0.39, 0.29) is 11.7 Å². The molecule has 20 heavy (non-hydrogen) atoms. The van der Waals surface area contributed by atoms with Crippen LogP contribution in [0.5, 0.6) is 0 Å². The number of amides is 1. The number of likely N-dealkylation sites (tertiary alicyclic amines) is 1. The van der Waals surface area contributed by atoms with E-state index in [2.05, 4.69) is 5.32 Å². The Morgan fingerprint density at radius 1 is 1.30 bits per heavy atom. The smallest absolute Gasteiger partial charge is 0.224 e. The zero-order chi connectivity index (χ0) is 14.5.